The lowest BCUT2D eigenvalue weighted by molar-refractivity contribution is 0.204. The first-order chi connectivity index (χ1) is 4.30. The number of nitrogens with two attached hydrogens (primary N) is 1. The number of nitrogens with one attached hydrogen (secondary N) is 1. The van der Waals surface area contributed by atoms with Crippen LogP contribution >= 0.6 is 0 Å². The largest absolute Gasteiger partial charge is 0.316 e. The topological polar surface area (TPSA) is 41.3 Å². The number of rotatable bonds is 1. The highest BCUT2D eigenvalue weighted by Gasteiger charge is 2.11. The molecule has 1 aliphatic rings. The minimum absolute atomic E-state index is 0.0212. The molecule has 9 heavy (non-hydrogen) atoms. The van der Waals surface area contributed by atoms with E-state index in [1.807, 2.05) is 0 Å². The van der Waals surface area contributed by atoms with Crippen LogP contribution in [0, 0.1) is 6.92 Å². The summed E-state index contributed by atoms with van der Waals surface area (Å²) in [5, 5.41) is 3.24. The Bertz CT molecular complexity index is 76.4. The van der Waals surface area contributed by atoms with Crippen LogP contribution in [-0.4, -0.2) is 37.2 Å². The zero-order valence-electron chi connectivity index (χ0n) is 5.64. The summed E-state index contributed by atoms with van der Waals surface area (Å²) in [6.45, 7) is 7.89. The fourth-order valence-electron chi connectivity index (χ4n) is 1.01. The zero-order chi connectivity index (χ0) is 6.69. The van der Waals surface area contributed by atoms with Crippen LogP contribution in [0.3, 0.4) is 0 Å². The van der Waals surface area contributed by atoms with Gasteiger partial charge in [0.15, 0.2) is 0 Å². The van der Waals surface area contributed by atoms with Crippen molar-refractivity contribution in [3.8, 4) is 0 Å². The van der Waals surface area contributed by atoms with E-state index in [1.165, 1.54) is 0 Å². The molecular weight excluding hydrogens is 114 g/mol. The molecule has 0 aromatic carbocycles. The van der Waals surface area contributed by atoms with Gasteiger partial charge in [-0.05, 0) is 6.92 Å². The van der Waals surface area contributed by atoms with Crippen molar-refractivity contribution in [1.29, 1.82) is 0 Å². The molecule has 0 saturated carbocycles. The Balaban J connectivity index is 2.23. The van der Waals surface area contributed by atoms with Crippen molar-refractivity contribution in [1.82, 2.24) is 10.2 Å². The molecule has 3 nitrogen and oxygen atoms in total. The van der Waals surface area contributed by atoms with Gasteiger partial charge in [-0.25, -0.2) is 0 Å². The smallest absolute Gasteiger partial charge is 0.0573 e. The van der Waals surface area contributed by atoms with E-state index in [1.54, 1.807) is 0 Å². The summed E-state index contributed by atoms with van der Waals surface area (Å²) in [5.74, 6) is 0. The van der Waals surface area contributed by atoms with Gasteiger partial charge in [-0.2, -0.15) is 0 Å². The van der Waals surface area contributed by atoms with Gasteiger partial charge in [-0.15, -0.1) is 0 Å². The number of piperazine rings is 1. The molecule has 1 heterocycles. The van der Waals surface area contributed by atoms with Crippen LogP contribution in [0.15, 0.2) is 0 Å². The van der Waals surface area contributed by atoms with Crippen LogP contribution in [0.4, 0.5) is 0 Å². The molecule has 1 radical (unpaired) electrons. The normalized spacial score (nSPS) is 26.0. The molecule has 0 spiro atoms. The molecule has 1 aliphatic heterocycles. The molecule has 1 unspecified atom stereocenters. The first-order valence-electron chi connectivity index (χ1n) is 3.34. The molecule has 53 valence electrons. The van der Waals surface area contributed by atoms with Crippen LogP contribution in [-0.2, 0) is 0 Å². The first kappa shape index (κ1) is 6.99. The Morgan fingerprint density at radius 1 is 1.44 bits per heavy atom. The highest BCUT2D eigenvalue weighted by Crippen LogP contribution is 1.93. The van der Waals surface area contributed by atoms with E-state index in [4.69, 9.17) is 5.73 Å². The highest BCUT2D eigenvalue weighted by molar-refractivity contribution is 4.73. The van der Waals surface area contributed by atoms with Crippen molar-refractivity contribution in [2.45, 2.75) is 6.17 Å². The molecule has 1 rings (SSSR count). The van der Waals surface area contributed by atoms with Crippen LogP contribution in [0.1, 0.15) is 0 Å². The van der Waals surface area contributed by atoms with Crippen LogP contribution < -0.4 is 11.1 Å². The predicted molar refractivity (Wildman–Crippen MR) is 37.8 cm³/mol. The number of hydrogen-bond donors (Lipinski definition) is 2. The summed E-state index contributed by atoms with van der Waals surface area (Å²) in [6.07, 6.45) is -0.0212. The maximum atomic E-state index is 5.55. The summed E-state index contributed by atoms with van der Waals surface area (Å²) in [5.41, 5.74) is 5.55. The second-order valence-corrected chi connectivity index (χ2v) is 2.35. The van der Waals surface area contributed by atoms with E-state index in [0.29, 0.717) is 0 Å². The van der Waals surface area contributed by atoms with Gasteiger partial charge in [0.25, 0.3) is 0 Å². The molecule has 1 saturated heterocycles. The Kier molecular flexibility index (Phi) is 2.45. The van der Waals surface area contributed by atoms with Crippen molar-refractivity contribution in [2.75, 3.05) is 26.2 Å². The average molecular weight is 128 g/mol. The maximum absolute atomic E-state index is 5.55. The monoisotopic (exact) mass is 128 g/mol. The summed E-state index contributed by atoms with van der Waals surface area (Å²) < 4.78 is 0. The Labute approximate surface area is 56.2 Å². The van der Waals surface area contributed by atoms with Crippen LogP contribution in [0.25, 0.3) is 0 Å². The van der Waals surface area contributed by atoms with E-state index in [9.17, 15) is 0 Å². The number of nitrogens with zero attached hydrogens (tertiary/aromatic N) is 1. The SMILES string of the molecule is [CH2]C(N)N1CCNCC1. The Hall–Kier alpha value is -0.120. The molecule has 1 fully saturated rings. The van der Waals surface area contributed by atoms with Crippen LogP contribution in [0.5, 0.6) is 0 Å². The van der Waals surface area contributed by atoms with Gasteiger partial charge < -0.3 is 11.1 Å². The maximum Gasteiger partial charge on any atom is 0.0573 e. The van der Waals surface area contributed by atoms with E-state index in [0.717, 1.165) is 26.2 Å². The van der Waals surface area contributed by atoms with Crippen molar-refractivity contribution in [3.63, 3.8) is 0 Å². The average Bonchev–Trinajstić information content (AvgIpc) is 1.90. The minimum atomic E-state index is -0.0212. The van der Waals surface area contributed by atoms with Crippen molar-refractivity contribution in [2.24, 2.45) is 5.73 Å². The van der Waals surface area contributed by atoms with Gasteiger partial charge in [-0.1, -0.05) is 0 Å². The third-order valence-corrected chi connectivity index (χ3v) is 1.62. The molecule has 1 atom stereocenters. The van der Waals surface area contributed by atoms with Gasteiger partial charge in [0.05, 0.1) is 6.17 Å². The van der Waals surface area contributed by atoms with Gasteiger partial charge in [0, 0.05) is 26.2 Å². The molecule has 0 bridgehead atoms. The molecule has 0 amide bonds. The lowest BCUT2D eigenvalue weighted by Crippen LogP contribution is -2.50. The number of hydrogen-bond acceptors (Lipinski definition) is 3. The van der Waals surface area contributed by atoms with Gasteiger partial charge >= 0.3 is 0 Å². The first-order valence-corrected chi connectivity index (χ1v) is 3.34. The van der Waals surface area contributed by atoms with Gasteiger partial charge in [-0.3, -0.25) is 4.90 Å². The summed E-state index contributed by atoms with van der Waals surface area (Å²) in [4.78, 5) is 2.16. The second-order valence-electron chi connectivity index (χ2n) is 2.35. The third kappa shape index (κ3) is 1.93. The van der Waals surface area contributed by atoms with Crippen molar-refractivity contribution < 1.29 is 0 Å². The standard InChI is InChI=1S/C6H14N3/c1-6(7)9-4-2-8-3-5-9/h6,8H,1-5,7H2. The van der Waals surface area contributed by atoms with Crippen LogP contribution in [0.2, 0.25) is 0 Å². The molecule has 3 heteroatoms. The quantitative estimate of drug-likeness (QED) is 0.476. The molecule has 0 aliphatic carbocycles. The fraction of sp³-hybridized carbons (Fsp3) is 0.833. The lowest BCUT2D eigenvalue weighted by atomic mass is 10.3. The van der Waals surface area contributed by atoms with E-state index < -0.39 is 0 Å². The molecule has 0 aromatic rings. The fourth-order valence-corrected chi connectivity index (χ4v) is 1.01. The van der Waals surface area contributed by atoms with E-state index in [2.05, 4.69) is 17.1 Å². The minimum Gasteiger partial charge on any atom is -0.316 e. The molecular formula is C6H14N3. The van der Waals surface area contributed by atoms with E-state index >= 15 is 0 Å². The molecule has 3 N–H and O–H groups in total. The second kappa shape index (κ2) is 3.15. The summed E-state index contributed by atoms with van der Waals surface area (Å²) in [6, 6.07) is 0. The van der Waals surface area contributed by atoms with Crippen molar-refractivity contribution >= 4 is 0 Å². The third-order valence-electron chi connectivity index (χ3n) is 1.62. The lowest BCUT2D eigenvalue weighted by Gasteiger charge is -2.30. The van der Waals surface area contributed by atoms with E-state index in [-0.39, 0.29) is 6.17 Å². The Morgan fingerprint density at radius 2 is 2.00 bits per heavy atom. The molecule has 0 aromatic heterocycles. The zero-order valence-corrected chi connectivity index (χ0v) is 5.64. The predicted octanol–water partition coefficient (Wildman–Crippen LogP) is -0.990. The summed E-state index contributed by atoms with van der Waals surface area (Å²) in [7, 11) is 0. The summed E-state index contributed by atoms with van der Waals surface area (Å²) >= 11 is 0. The highest BCUT2D eigenvalue weighted by atomic mass is 15.2. The van der Waals surface area contributed by atoms with Crippen molar-refractivity contribution in [3.05, 3.63) is 6.92 Å². The Morgan fingerprint density at radius 3 is 2.33 bits per heavy atom. The van der Waals surface area contributed by atoms with Gasteiger partial charge in [0.2, 0.25) is 0 Å². The van der Waals surface area contributed by atoms with Gasteiger partial charge in [0.1, 0.15) is 0 Å².